The number of aromatic hydroxyl groups is 1. The summed E-state index contributed by atoms with van der Waals surface area (Å²) < 4.78 is 5.48. The zero-order chi connectivity index (χ0) is 28.7. The summed E-state index contributed by atoms with van der Waals surface area (Å²) in [7, 11) is 0. The summed E-state index contributed by atoms with van der Waals surface area (Å²) in [5.41, 5.74) is -0.118. The van der Waals surface area contributed by atoms with Gasteiger partial charge in [0.15, 0.2) is 0 Å². The molecule has 2 aromatic rings. The summed E-state index contributed by atoms with van der Waals surface area (Å²) in [5, 5.41) is 15.6. The molecule has 2 atom stereocenters. The Morgan fingerprint density at radius 3 is 2.00 bits per heavy atom. The number of alkyl carbamates (subject to hydrolysis) is 1. The van der Waals surface area contributed by atoms with Crippen LogP contribution in [0.2, 0.25) is 0 Å². The van der Waals surface area contributed by atoms with Crippen molar-refractivity contribution in [2.24, 2.45) is 0 Å². The molecular weight excluding hydrogens is 482 g/mol. The minimum absolute atomic E-state index is 0.0537. The lowest BCUT2D eigenvalue weighted by Crippen LogP contribution is -2.60. The monoisotopic (exact) mass is 525 g/mol. The highest BCUT2D eigenvalue weighted by molar-refractivity contribution is 5.93. The van der Waals surface area contributed by atoms with Crippen LogP contribution in [0.5, 0.6) is 5.75 Å². The fourth-order valence-electron chi connectivity index (χ4n) is 4.05. The minimum atomic E-state index is -1.00. The van der Waals surface area contributed by atoms with E-state index in [2.05, 4.69) is 10.6 Å². The molecule has 208 valence electrons. The average molecular weight is 526 g/mol. The largest absolute Gasteiger partial charge is 0.508 e. The molecule has 3 amide bonds. The maximum absolute atomic E-state index is 14.5. The van der Waals surface area contributed by atoms with Gasteiger partial charge in [0.2, 0.25) is 11.8 Å². The first-order valence-electron chi connectivity index (χ1n) is 13.1. The number of carbonyl (C=O) groups excluding carboxylic acids is 3. The summed E-state index contributed by atoms with van der Waals surface area (Å²) in [4.78, 5) is 42.5. The summed E-state index contributed by atoms with van der Waals surface area (Å²) in [6, 6.07) is 13.5. The molecule has 0 saturated carbocycles. The van der Waals surface area contributed by atoms with E-state index >= 15 is 0 Å². The van der Waals surface area contributed by atoms with Crippen molar-refractivity contribution in [1.29, 1.82) is 0 Å². The summed E-state index contributed by atoms with van der Waals surface area (Å²) in [6.07, 6.45) is 0.0460. The molecule has 0 bridgehead atoms. The van der Waals surface area contributed by atoms with Crippen molar-refractivity contribution < 1.29 is 24.2 Å². The van der Waals surface area contributed by atoms with E-state index in [-0.39, 0.29) is 24.1 Å². The number of nitrogens with one attached hydrogen (secondary N) is 2. The normalized spacial score (nSPS) is 13.4. The minimum Gasteiger partial charge on any atom is -0.508 e. The predicted molar refractivity (Wildman–Crippen MR) is 149 cm³/mol. The van der Waals surface area contributed by atoms with Gasteiger partial charge in [0.05, 0.1) is 0 Å². The number of amides is 3. The predicted octanol–water partition coefficient (Wildman–Crippen LogP) is 5.11. The van der Waals surface area contributed by atoms with Crippen molar-refractivity contribution in [2.75, 3.05) is 0 Å². The molecule has 8 nitrogen and oxygen atoms in total. The zero-order valence-corrected chi connectivity index (χ0v) is 23.9. The van der Waals surface area contributed by atoms with E-state index in [0.29, 0.717) is 12.0 Å². The molecule has 2 rings (SSSR count). The van der Waals surface area contributed by atoms with Gasteiger partial charge >= 0.3 is 6.09 Å². The lowest BCUT2D eigenvalue weighted by Gasteiger charge is -2.44. The average Bonchev–Trinajstić information content (AvgIpc) is 2.81. The van der Waals surface area contributed by atoms with Crippen molar-refractivity contribution in [3.8, 4) is 5.75 Å². The molecule has 0 spiro atoms. The van der Waals surface area contributed by atoms with Crippen LogP contribution in [0, 0.1) is 0 Å². The molecule has 0 radical (unpaired) electrons. The van der Waals surface area contributed by atoms with Crippen LogP contribution in [0.3, 0.4) is 0 Å². The van der Waals surface area contributed by atoms with Gasteiger partial charge < -0.3 is 25.4 Å². The fraction of sp³-hybridized carbons (Fsp3) is 0.500. The molecule has 0 heterocycles. The van der Waals surface area contributed by atoms with E-state index in [0.717, 1.165) is 5.56 Å². The van der Waals surface area contributed by atoms with E-state index in [1.54, 1.807) is 37.8 Å². The highest BCUT2D eigenvalue weighted by Gasteiger charge is 2.43. The van der Waals surface area contributed by atoms with Gasteiger partial charge in [0, 0.05) is 18.0 Å². The van der Waals surface area contributed by atoms with Crippen LogP contribution >= 0.6 is 0 Å². The van der Waals surface area contributed by atoms with Crippen LogP contribution in [0.25, 0.3) is 0 Å². The molecular formula is C30H43N3O5. The Bertz CT molecular complexity index is 1080. The number of nitrogens with zero attached hydrogens (tertiary/aromatic N) is 1. The van der Waals surface area contributed by atoms with Crippen molar-refractivity contribution in [2.45, 2.75) is 97.5 Å². The van der Waals surface area contributed by atoms with Crippen LogP contribution in [0.15, 0.2) is 54.6 Å². The summed E-state index contributed by atoms with van der Waals surface area (Å²) in [6.45, 7) is 14.7. The van der Waals surface area contributed by atoms with E-state index in [1.807, 2.05) is 65.0 Å². The van der Waals surface area contributed by atoms with Gasteiger partial charge in [-0.3, -0.25) is 9.59 Å². The Kier molecular flexibility index (Phi) is 10.3. The number of phenols is 1. The van der Waals surface area contributed by atoms with Crippen molar-refractivity contribution in [1.82, 2.24) is 15.5 Å². The van der Waals surface area contributed by atoms with Gasteiger partial charge in [-0.1, -0.05) is 49.4 Å². The number of phenolic OH excluding ortho intramolecular Hbond substituents is 1. The number of rotatable bonds is 10. The molecule has 0 saturated heterocycles. The van der Waals surface area contributed by atoms with Gasteiger partial charge in [-0.2, -0.15) is 0 Å². The molecule has 8 heteroatoms. The topological polar surface area (TPSA) is 108 Å². The molecule has 2 unspecified atom stereocenters. The van der Waals surface area contributed by atoms with Crippen LogP contribution in [-0.4, -0.2) is 51.1 Å². The third-order valence-corrected chi connectivity index (χ3v) is 6.17. The molecule has 0 fully saturated rings. The highest BCUT2D eigenvalue weighted by Crippen LogP contribution is 2.33. The second kappa shape index (κ2) is 12.8. The van der Waals surface area contributed by atoms with Gasteiger partial charge in [0.1, 0.15) is 23.4 Å². The van der Waals surface area contributed by atoms with Crippen molar-refractivity contribution >= 4 is 17.9 Å². The number of hydrogen-bond donors (Lipinski definition) is 3. The van der Waals surface area contributed by atoms with E-state index in [4.69, 9.17) is 4.74 Å². The summed E-state index contributed by atoms with van der Waals surface area (Å²) >= 11 is 0. The highest BCUT2D eigenvalue weighted by atomic mass is 16.6. The standard InChI is InChI=1S/C30H43N3O5/c1-9-30(7,8)33(25(26(35)31-20(2)3)22-15-17-23(34)18-16-22)27(36)24(19-21-13-11-10-12-14-21)32-28(37)38-29(4,5)6/h10-18,20,24-25,34H,9,19H2,1-8H3,(H,31,35)(H,32,37). The zero-order valence-electron chi connectivity index (χ0n) is 23.9. The van der Waals surface area contributed by atoms with E-state index < -0.39 is 35.2 Å². The van der Waals surface area contributed by atoms with Gasteiger partial charge in [-0.05, 0) is 78.1 Å². The first kappa shape index (κ1) is 30.7. The van der Waals surface area contributed by atoms with Crippen LogP contribution in [-0.2, 0) is 20.7 Å². The second-order valence-corrected chi connectivity index (χ2v) is 11.4. The van der Waals surface area contributed by atoms with E-state index in [1.165, 1.54) is 12.1 Å². The number of carbonyl (C=O) groups is 3. The Morgan fingerprint density at radius 2 is 1.50 bits per heavy atom. The van der Waals surface area contributed by atoms with Crippen LogP contribution in [0.4, 0.5) is 4.79 Å². The fourth-order valence-corrected chi connectivity index (χ4v) is 4.05. The molecule has 0 aliphatic heterocycles. The number of hydrogen-bond acceptors (Lipinski definition) is 5. The molecule has 0 aliphatic carbocycles. The van der Waals surface area contributed by atoms with Gasteiger partial charge in [-0.15, -0.1) is 0 Å². The third-order valence-electron chi connectivity index (χ3n) is 6.17. The molecule has 38 heavy (non-hydrogen) atoms. The number of ether oxygens (including phenoxy) is 1. The smallest absolute Gasteiger partial charge is 0.408 e. The maximum atomic E-state index is 14.5. The lowest BCUT2D eigenvalue weighted by atomic mass is 9.91. The van der Waals surface area contributed by atoms with Gasteiger partial charge in [-0.25, -0.2) is 4.79 Å². The molecule has 0 aromatic heterocycles. The lowest BCUT2D eigenvalue weighted by molar-refractivity contribution is -0.149. The van der Waals surface area contributed by atoms with Gasteiger partial charge in [0.25, 0.3) is 0 Å². The molecule has 2 aromatic carbocycles. The van der Waals surface area contributed by atoms with E-state index in [9.17, 15) is 19.5 Å². The Hall–Kier alpha value is -3.55. The first-order valence-corrected chi connectivity index (χ1v) is 13.1. The first-order chi connectivity index (χ1) is 17.6. The Balaban J connectivity index is 2.63. The molecule has 3 N–H and O–H groups in total. The van der Waals surface area contributed by atoms with Crippen molar-refractivity contribution in [3.05, 3.63) is 65.7 Å². The second-order valence-electron chi connectivity index (χ2n) is 11.4. The van der Waals surface area contributed by atoms with Crippen LogP contribution in [0.1, 0.15) is 79.0 Å². The quantitative estimate of drug-likeness (QED) is 0.399. The molecule has 0 aliphatic rings. The van der Waals surface area contributed by atoms with Crippen LogP contribution < -0.4 is 10.6 Å². The number of benzene rings is 2. The Labute approximate surface area is 226 Å². The third kappa shape index (κ3) is 8.78. The SMILES string of the molecule is CCC(C)(C)N(C(=O)C(Cc1ccccc1)NC(=O)OC(C)(C)C)C(C(=O)NC(C)C)c1ccc(O)cc1. The Morgan fingerprint density at radius 1 is 0.921 bits per heavy atom. The summed E-state index contributed by atoms with van der Waals surface area (Å²) in [5.74, 6) is -0.710. The maximum Gasteiger partial charge on any atom is 0.408 e. The van der Waals surface area contributed by atoms with Crippen molar-refractivity contribution in [3.63, 3.8) is 0 Å².